The molecule has 0 aromatic heterocycles. The minimum atomic E-state index is -4.09. The molecule has 0 aliphatic heterocycles. The first-order valence-corrected chi connectivity index (χ1v) is 11.2. The van der Waals surface area contributed by atoms with Gasteiger partial charge in [0, 0.05) is 16.8 Å². The summed E-state index contributed by atoms with van der Waals surface area (Å²) in [5, 5.41) is 12.1. The lowest BCUT2D eigenvalue weighted by molar-refractivity contribution is 0.0696. The van der Waals surface area contributed by atoms with Crippen molar-refractivity contribution in [3.8, 4) is 5.75 Å². The molecule has 1 aliphatic rings. The number of carboxylic acid groups (broad SMARTS) is 1. The fourth-order valence-corrected chi connectivity index (χ4v) is 4.31. The summed E-state index contributed by atoms with van der Waals surface area (Å²) in [6.07, 6.45) is 1.35. The second-order valence-corrected chi connectivity index (χ2v) is 8.67. The first-order chi connectivity index (χ1) is 15.8. The number of rotatable bonds is 6. The van der Waals surface area contributed by atoms with Crippen LogP contribution in [-0.2, 0) is 10.0 Å². The lowest BCUT2D eigenvalue weighted by atomic mass is 9.92. The standard InChI is InChI=1S/C24H18N2O6S/c1-32-17-9-11-18(12-10-17)33(30,31)26-21-14-22(23(27)20-8-3-2-7-19(20)21)25-16-6-4-5-15(13-16)24(28)29/h2-14,25H,1H3,(H,28,29)/b26-21+. The number of aromatic carboxylic acids is 1. The van der Waals surface area contributed by atoms with Crippen LogP contribution in [0.25, 0.3) is 0 Å². The van der Waals surface area contributed by atoms with Gasteiger partial charge in [0.05, 0.1) is 29.0 Å². The van der Waals surface area contributed by atoms with Gasteiger partial charge >= 0.3 is 5.97 Å². The van der Waals surface area contributed by atoms with Crippen molar-refractivity contribution in [3.05, 3.63) is 101 Å². The number of nitrogens with one attached hydrogen (secondary N) is 1. The van der Waals surface area contributed by atoms with Gasteiger partial charge in [0.1, 0.15) is 5.75 Å². The Kier molecular flexibility index (Phi) is 5.80. The number of methoxy groups -OCH3 is 1. The molecular weight excluding hydrogens is 444 g/mol. The average molecular weight is 462 g/mol. The Bertz CT molecular complexity index is 1420. The normalized spacial score (nSPS) is 14.4. The molecule has 0 amide bonds. The van der Waals surface area contributed by atoms with Crippen LogP contribution in [0.3, 0.4) is 0 Å². The molecule has 0 radical (unpaired) electrons. The summed E-state index contributed by atoms with van der Waals surface area (Å²) in [5.41, 5.74) is 1.22. The minimum absolute atomic E-state index is 0.0257. The monoisotopic (exact) mass is 462 g/mol. The van der Waals surface area contributed by atoms with Crippen LogP contribution in [0.2, 0.25) is 0 Å². The molecule has 8 nitrogen and oxygen atoms in total. The summed E-state index contributed by atoms with van der Waals surface area (Å²) >= 11 is 0. The Labute approximate surface area is 189 Å². The molecule has 0 saturated carbocycles. The lowest BCUT2D eigenvalue weighted by Crippen LogP contribution is -2.22. The van der Waals surface area contributed by atoms with E-state index in [4.69, 9.17) is 4.74 Å². The Balaban J connectivity index is 1.78. The maximum absolute atomic E-state index is 13.0. The summed E-state index contributed by atoms with van der Waals surface area (Å²) in [6, 6.07) is 18.3. The number of carbonyl (C=O) groups is 2. The highest BCUT2D eigenvalue weighted by molar-refractivity contribution is 7.90. The zero-order valence-electron chi connectivity index (χ0n) is 17.3. The quantitative estimate of drug-likeness (QED) is 0.572. The van der Waals surface area contributed by atoms with Gasteiger partial charge in [-0.2, -0.15) is 12.8 Å². The first-order valence-electron chi connectivity index (χ1n) is 9.74. The van der Waals surface area contributed by atoms with E-state index < -0.39 is 16.0 Å². The van der Waals surface area contributed by atoms with E-state index in [9.17, 15) is 23.1 Å². The van der Waals surface area contributed by atoms with Crippen molar-refractivity contribution in [2.45, 2.75) is 4.90 Å². The van der Waals surface area contributed by atoms with Crippen LogP contribution in [0, 0.1) is 0 Å². The van der Waals surface area contributed by atoms with Gasteiger partial charge in [-0.25, -0.2) is 4.79 Å². The van der Waals surface area contributed by atoms with E-state index >= 15 is 0 Å². The molecule has 0 fully saturated rings. The highest BCUT2D eigenvalue weighted by Gasteiger charge is 2.26. The van der Waals surface area contributed by atoms with Crippen molar-refractivity contribution >= 4 is 33.2 Å². The largest absolute Gasteiger partial charge is 0.497 e. The lowest BCUT2D eigenvalue weighted by Gasteiger charge is -2.19. The molecule has 1 aliphatic carbocycles. The van der Waals surface area contributed by atoms with E-state index in [-0.39, 0.29) is 33.2 Å². The number of fused-ring (bicyclic) bond motifs is 1. The van der Waals surface area contributed by atoms with Gasteiger partial charge in [-0.3, -0.25) is 4.79 Å². The number of hydrogen-bond donors (Lipinski definition) is 2. The third kappa shape index (κ3) is 4.53. The number of hydrogen-bond acceptors (Lipinski definition) is 6. The van der Waals surface area contributed by atoms with Crippen LogP contribution >= 0.6 is 0 Å². The predicted octanol–water partition coefficient (Wildman–Crippen LogP) is 3.76. The van der Waals surface area contributed by atoms with Crippen molar-refractivity contribution in [2.24, 2.45) is 4.40 Å². The minimum Gasteiger partial charge on any atom is -0.497 e. The molecule has 3 aromatic carbocycles. The number of carbonyl (C=O) groups excluding carboxylic acids is 1. The van der Waals surface area contributed by atoms with Crippen molar-refractivity contribution in [2.75, 3.05) is 12.4 Å². The second-order valence-electron chi connectivity index (χ2n) is 7.07. The molecule has 0 heterocycles. The number of anilines is 1. The third-order valence-corrected chi connectivity index (χ3v) is 6.24. The van der Waals surface area contributed by atoms with Gasteiger partial charge in [-0.05, 0) is 48.5 Å². The van der Waals surface area contributed by atoms with Gasteiger partial charge in [-0.1, -0.05) is 30.3 Å². The highest BCUT2D eigenvalue weighted by atomic mass is 32.2. The Hall–Kier alpha value is -4.24. The summed E-state index contributed by atoms with van der Waals surface area (Å²) in [5.74, 6) is -0.974. The van der Waals surface area contributed by atoms with E-state index in [1.807, 2.05) is 0 Å². The highest BCUT2D eigenvalue weighted by Crippen LogP contribution is 2.26. The van der Waals surface area contributed by atoms with E-state index in [1.165, 1.54) is 55.7 Å². The first kappa shape index (κ1) is 22.0. The number of nitrogens with zero attached hydrogens (tertiary/aromatic N) is 1. The number of allylic oxidation sites excluding steroid dienone is 2. The number of ether oxygens (including phenoxy) is 1. The van der Waals surface area contributed by atoms with Crippen molar-refractivity contribution in [3.63, 3.8) is 0 Å². The molecule has 0 unspecified atom stereocenters. The van der Waals surface area contributed by atoms with Crippen LogP contribution in [0.4, 0.5) is 5.69 Å². The number of carboxylic acids is 1. The maximum Gasteiger partial charge on any atom is 0.335 e. The fraction of sp³-hybridized carbons (Fsp3) is 0.0417. The van der Waals surface area contributed by atoms with Crippen molar-refractivity contribution in [1.29, 1.82) is 0 Å². The Morgan fingerprint density at radius 3 is 2.33 bits per heavy atom. The summed E-state index contributed by atoms with van der Waals surface area (Å²) in [7, 11) is -2.61. The summed E-state index contributed by atoms with van der Waals surface area (Å²) in [4.78, 5) is 24.3. The third-order valence-electron chi connectivity index (χ3n) is 4.94. The summed E-state index contributed by atoms with van der Waals surface area (Å²) < 4.78 is 34.9. The van der Waals surface area contributed by atoms with Gasteiger partial charge in [0.15, 0.2) is 0 Å². The molecule has 3 aromatic rings. The molecular formula is C24H18N2O6S. The molecule has 0 atom stereocenters. The van der Waals surface area contributed by atoms with Gasteiger partial charge in [-0.15, -0.1) is 0 Å². The number of Topliss-reactive ketones (excluding diaryl/α,β-unsaturated/α-hetero) is 1. The number of benzene rings is 3. The van der Waals surface area contributed by atoms with E-state index in [2.05, 4.69) is 9.71 Å². The zero-order valence-corrected chi connectivity index (χ0v) is 18.2. The SMILES string of the molecule is COc1ccc(S(=O)(=O)/N=C2\C=C(Nc3cccc(C(=O)O)c3)C(=O)c3ccccc32)cc1. The van der Waals surface area contributed by atoms with Crippen LogP contribution in [-0.4, -0.2) is 38.1 Å². The molecule has 0 bridgehead atoms. The topological polar surface area (TPSA) is 122 Å². The molecule has 9 heteroatoms. The molecule has 33 heavy (non-hydrogen) atoms. The van der Waals surface area contributed by atoms with E-state index in [1.54, 1.807) is 30.3 Å². The molecule has 0 spiro atoms. The fourth-order valence-electron chi connectivity index (χ4n) is 3.31. The van der Waals surface area contributed by atoms with Gasteiger partial charge in [0.2, 0.25) is 5.78 Å². The molecule has 4 rings (SSSR count). The maximum atomic E-state index is 13.0. The number of sulfonamides is 1. The van der Waals surface area contributed by atoms with Crippen molar-refractivity contribution in [1.82, 2.24) is 0 Å². The average Bonchev–Trinajstić information content (AvgIpc) is 2.82. The molecule has 166 valence electrons. The van der Waals surface area contributed by atoms with E-state index in [0.717, 1.165) is 0 Å². The molecule has 0 saturated heterocycles. The van der Waals surface area contributed by atoms with Crippen LogP contribution in [0.5, 0.6) is 5.75 Å². The Morgan fingerprint density at radius 1 is 0.970 bits per heavy atom. The van der Waals surface area contributed by atoms with Crippen LogP contribution in [0.1, 0.15) is 26.3 Å². The van der Waals surface area contributed by atoms with Crippen molar-refractivity contribution < 1.29 is 27.9 Å². The predicted molar refractivity (Wildman–Crippen MR) is 123 cm³/mol. The van der Waals surface area contributed by atoms with Crippen LogP contribution < -0.4 is 10.1 Å². The second kappa shape index (κ2) is 8.71. The molecule has 2 N–H and O–H groups in total. The number of ketones is 1. The van der Waals surface area contributed by atoms with Gasteiger partial charge in [0.25, 0.3) is 10.0 Å². The van der Waals surface area contributed by atoms with Gasteiger partial charge < -0.3 is 15.2 Å². The summed E-state index contributed by atoms with van der Waals surface area (Å²) in [6.45, 7) is 0. The zero-order chi connectivity index (χ0) is 23.6. The smallest absolute Gasteiger partial charge is 0.335 e. The van der Waals surface area contributed by atoms with E-state index in [0.29, 0.717) is 17.0 Å². The van der Waals surface area contributed by atoms with Crippen LogP contribution in [0.15, 0.2) is 93.9 Å². The Morgan fingerprint density at radius 2 is 1.67 bits per heavy atom.